The molecule has 1 aromatic carbocycles. The molecule has 0 aliphatic heterocycles. The van der Waals surface area contributed by atoms with Crippen molar-refractivity contribution in [3.05, 3.63) is 34.9 Å². The summed E-state index contributed by atoms with van der Waals surface area (Å²) in [4.78, 5) is 0. The molecule has 0 amide bonds. The fourth-order valence-corrected chi connectivity index (χ4v) is 1.29. The SMILES string of the molecule is CCc1ccc(CN)c(C(F)(F)F)c1. The molecule has 0 spiro atoms. The minimum Gasteiger partial charge on any atom is -0.326 e. The average Bonchev–Trinajstić information content (AvgIpc) is 2.15. The van der Waals surface area contributed by atoms with Crippen LogP contribution in [0.5, 0.6) is 0 Å². The summed E-state index contributed by atoms with van der Waals surface area (Å²) >= 11 is 0. The summed E-state index contributed by atoms with van der Waals surface area (Å²) in [7, 11) is 0. The third-order valence-electron chi connectivity index (χ3n) is 2.11. The molecule has 0 fully saturated rings. The smallest absolute Gasteiger partial charge is 0.326 e. The predicted molar refractivity (Wildman–Crippen MR) is 48.7 cm³/mol. The quantitative estimate of drug-likeness (QED) is 0.785. The van der Waals surface area contributed by atoms with Crippen LogP contribution in [0.3, 0.4) is 0 Å². The van der Waals surface area contributed by atoms with Crippen molar-refractivity contribution in [2.24, 2.45) is 5.73 Å². The van der Waals surface area contributed by atoms with Crippen molar-refractivity contribution in [3.63, 3.8) is 0 Å². The fraction of sp³-hybridized carbons (Fsp3) is 0.400. The lowest BCUT2D eigenvalue weighted by molar-refractivity contribution is -0.138. The van der Waals surface area contributed by atoms with Crippen molar-refractivity contribution >= 4 is 0 Å². The monoisotopic (exact) mass is 203 g/mol. The summed E-state index contributed by atoms with van der Waals surface area (Å²) in [6, 6.07) is 4.29. The van der Waals surface area contributed by atoms with Crippen LogP contribution in [0.1, 0.15) is 23.6 Å². The molecule has 0 aromatic heterocycles. The zero-order valence-electron chi connectivity index (χ0n) is 7.86. The Balaban J connectivity index is 3.22. The Hall–Kier alpha value is -1.03. The molecular weight excluding hydrogens is 191 g/mol. The van der Waals surface area contributed by atoms with Crippen molar-refractivity contribution in [1.82, 2.24) is 0 Å². The Morgan fingerprint density at radius 1 is 1.29 bits per heavy atom. The largest absolute Gasteiger partial charge is 0.416 e. The van der Waals surface area contributed by atoms with Gasteiger partial charge in [-0.2, -0.15) is 13.2 Å². The van der Waals surface area contributed by atoms with E-state index in [1.807, 2.05) is 6.92 Å². The highest BCUT2D eigenvalue weighted by Gasteiger charge is 2.32. The number of hydrogen-bond acceptors (Lipinski definition) is 1. The van der Waals surface area contributed by atoms with Crippen molar-refractivity contribution in [3.8, 4) is 0 Å². The lowest BCUT2D eigenvalue weighted by Crippen LogP contribution is -2.12. The number of rotatable bonds is 2. The maximum absolute atomic E-state index is 12.5. The highest BCUT2D eigenvalue weighted by molar-refractivity contribution is 5.34. The van der Waals surface area contributed by atoms with Gasteiger partial charge >= 0.3 is 6.18 Å². The number of alkyl halides is 3. The highest BCUT2D eigenvalue weighted by atomic mass is 19.4. The summed E-state index contributed by atoms with van der Waals surface area (Å²) < 4.78 is 37.5. The van der Waals surface area contributed by atoms with E-state index >= 15 is 0 Å². The molecule has 0 unspecified atom stereocenters. The topological polar surface area (TPSA) is 26.0 Å². The maximum Gasteiger partial charge on any atom is 0.416 e. The van der Waals surface area contributed by atoms with Crippen LogP contribution in [-0.2, 0) is 19.1 Å². The van der Waals surface area contributed by atoms with Gasteiger partial charge in [0.25, 0.3) is 0 Å². The van der Waals surface area contributed by atoms with Crippen LogP contribution >= 0.6 is 0 Å². The summed E-state index contributed by atoms with van der Waals surface area (Å²) in [5, 5.41) is 0. The number of aryl methyl sites for hydroxylation is 1. The summed E-state index contributed by atoms with van der Waals surface area (Å²) in [6.45, 7) is 1.73. The first-order valence-electron chi connectivity index (χ1n) is 4.38. The number of hydrogen-bond donors (Lipinski definition) is 1. The molecule has 1 rings (SSSR count). The molecule has 0 saturated heterocycles. The molecule has 1 aromatic rings. The Morgan fingerprint density at radius 2 is 1.93 bits per heavy atom. The minimum absolute atomic E-state index is 0.0845. The second kappa shape index (κ2) is 4.00. The van der Waals surface area contributed by atoms with Gasteiger partial charge in [-0.05, 0) is 23.6 Å². The fourth-order valence-electron chi connectivity index (χ4n) is 1.29. The Labute approximate surface area is 80.7 Å². The van der Waals surface area contributed by atoms with Crippen molar-refractivity contribution in [2.45, 2.75) is 26.1 Å². The molecule has 1 nitrogen and oxygen atoms in total. The Morgan fingerprint density at radius 3 is 2.36 bits per heavy atom. The summed E-state index contributed by atoms with van der Waals surface area (Å²) in [5.74, 6) is 0. The van der Waals surface area contributed by atoms with Crippen molar-refractivity contribution in [1.29, 1.82) is 0 Å². The standard InChI is InChI=1S/C10H12F3N/c1-2-7-3-4-8(6-14)9(5-7)10(11,12)13/h3-5H,2,6,14H2,1H3. The zero-order valence-corrected chi connectivity index (χ0v) is 7.86. The van der Waals surface area contributed by atoms with Crippen LogP contribution in [0.4, 0.5) is 13.2 Å². The first-order chi connectivity index (χ1) is 6.49. The van der Waals surface area contributed by atoms with Crippen LogP contribution in [0.15, 0.2) is 18.2 Å². The molecule has 78 valence electrons. The van der Waals surface area contributed by atoms with Gasteiger partial charge in [0.2, 0.25) is 0 Å². The second-order valence-corrected chi connectivity index (χ2v) is 3.05. The van der Waals surface area contributed by atoms with Gasteiger partial charge in [-0.15, -0.1) is 0 Å². The van der Waals surface area contributed by atoms with E-state index in [9.17, 15) is 13.2 Å². The first kappa shape index (κ1) is 11.0. The second-order valence-electron chi connectivity index (χ2n) is 3.05. The molecular formula is C10H12F3N. The Kier molecular flexibility index (Phi) is 3.16. The van der Waals surface area contributed by atoms with Gasteiger partial charge in [0.15, 0.2) is 0 Å². The average molecular weight is 203 g/mol. The van der Waals surface area contributed by atoms with Gasteiger partial charge in [0.1, 0.15) is 0 Å². The molecule has 0 radical (unpaired) electrons. The van der Waals surface area contributed by atoms with E-state index in [0.717, 1.165) is 0 Å². The summed E-state index contributed by atoms with van der Waals surface area (Å²) in [5.41, 5.74) is 5.45. The Bertz CT molecular complexity index is 318. The third kappa shape index (κ3) is 2.26. The van der Waals surface area contributed by atoms with E-state index < -0.39 is 11.7 Å². The van der Waals surface area contributed by atoms with E-state index in [-0.39, 0.29) is 12.1 Å². The van der Waals surface area contributed by atoms with Gasteiger partial charge in [-0.3, -0.25) is 0 Å². The van der Waals surface area contributed by atoms with Crippen LogP contribution in [0, 0.1) is 0 Å². The molecule has 0 saturated carbocycles. The summed E-state index contributed by atoms with van der Waals surface area (Å²) in [6.07, 6.45) is -3.71. The first-order valence-corrected chi connectivity index (χ1v) is 4.38. The molecule has 14 heavy (non-hydrogen) atoms. The molecule has 0 aliphatic rings. The zero-order chi connectivity index (χ0) is 10.8. The maximum atomic E-state index is 12.5. The molecule has 0 bridgehead atoms. The van der Waals surface area contributed by atoms with E-state index in [1.165, 1.54) is 12.1 Å². The van der Waals surface area contributed by atoms with Crippen molar-refractivity contribution < 1.29 is 13.2 Å². The lowest BCUT2D eigenvalue weighted by atomic mass is 10.0. The van der Waals surface area contributed by atoms with Crippen LogP contribution in [-0.4, -0.2) is 0 Å². The molecule has 0 aliphatic carbocycles. The van der Waals surface area contributed by atoms with E-state index in [2.05, 4.69) is 0 Å². The molecule has 2 N–H and O–H groups in total. The van der Waals surface area contributed by atoms with Crippen LogP contribution in [0.2, 0.25) is 0 Å². The van der Waals surface area contributed by atoms with Crippen LogP contribution in [0.25, 0.3) is 0 Å². The molecule has 4 heteroatoms. The lowest BCUT2D eigenvalue weighted by Gasteiger charge is -2.12. The number of nitrogens with two attached hydrogens (primary N) is 1. The molecule has 0 atom stereocenters. The van der Waals surface area contributed by atoms with Gasteiger partial charge < -0.3 is 5.73 Å². The predicted octanol–water partition coefficient (Wildman–Crippen LogP) is 2.73. The van der Waals surface area contributed by atoms with E-state index in [1.54, 1.807) is 6.07 Å². The number of benzene rings is 1. The van der Waals surface area contributed by atoms with E-state index in [4.69, 9.17) is 5.73 Å². The normalized spacial score (nSPS) is 11.8. The van der Waals surface area contributed by atoms with Gasteiger partial charge in [-0.25, -0.2) is 0 Å². The van der Waals surface area contributed by atoms with Gasteiger partial charge in [0, 0.05) is 6.54 Å². The van der Waals surface area contributed by atoms with E-state index in [0.29, 0.717) is 12.0 Å². The third-order valence-corrected chi connectivity index (χ3v) is 2.11. The molecule has 0 heterocycles. The van der Waals surface area contributed by atoms with Crippen LogP contribution < -0.4 is 5.73 Å². The minimum atomic E-state index is -4.31. The highest BCUT2D eigenvalue weighted by Crippen LogP contribution is 2.32. The van der Waals surface area contributed by atoms with Gasteiger partial charge in [0.05, 0.1) is 5.56 Å². The number of halogens is 3. The van der Waals surface area contributed by atoms with Crippen molar-refractivity contribution in [2.75, 3.05) is 0 Å². The van der Waals surface area contributed by atoms with Gasteiger partial charge in [-0.1, -0.05) is 19.1 Å².